The molecule has 1 aromatic carbocycles. The van der Waals surface area contributed by atoms with Gasteiger partial charge < -0.3 is 0 Å². The van der Waals surface area contributed by atoms with Crippen LogP contribution in [-0.2, 0) is 12.6 Å². The predicted molar refractivity (Wildman–Crippen MR) is 79.0 cm³/mol. The molecule has 2 rings (SSSR count). The lowest BCUT2D eigenvalue weighted by Gasteiger charge is -2.13. The Balaban J connectivity index is 2.69. The molecular formula is C14H6Cl3F3N2. The van der Waals surface area contributed by atoms with Crippen molar-refractivity contribution < 1.29 is 13.2 Å². The molecule has 2 aromatic rings. The summed E-state index contributed by atoms with van der Waals surface area (Å²) in [5.74, 6) is 0. The van der Waals surface area contributed by atoms with Crippen LogP contribution in [0.2, 0.25) is 15.1 Å². The monoisotopic (exact) mass is 364 g/mol. The average Bonchev–Trinajstić information content (AvgIpc) is 2.38. The van der Waals surface area contributed by atoms with Crippen LogP contribution in [-0.4, -0.2) is 4.98 Å². The molecule has 1 heterocycles. The molecule has 0 unspecified atom stereocenters. The number of nitriles is 1. The van der Waals surface area contributed by atoms with Crippen LogP contribution in [0.3, 0.4) is 0 Å². The van der Waals surface area contributed by atoms with Gasteiger partial charge in [-0.15, -0.1) is 0 Å². The highest BCUT2D eigenvalue weighted by Gasteiger charge is 2.33. The normalized spacial score (nSPS) is 11.3. The van der Waals surface area contributed by atoms with Gasteiger partial charge in [-0.05, 0) is 18.2 Å². The van der Waals surface area contributed by atoms with Crippen molar-refractivity contribution in [3.8, 4) is 17.2 Å². The molecule has 0 saturated heterocycles. The second-order valence-electron chi connectivity index (χ2n) is 4.27. The Morgan fingerprint density at radius 1 is 1.09 bits per heavy atom. The lowest BCUT2D eigenvalue weighted by Crippen LogP contribution is -2.10. The van der Waals surface area contributed by atoms with Crippen LogP contribution in [0.1, 0.15) is 11.4 Å². The molecule has 0 N–H and O–H groups in total. The van der Waals surface area contributed by atoms with Crippen molar-refractivity contribution in [1.29, 1.82) is 5.26 Å². The number of halogens is 6. The molecule has 1 aromatic heterocycles. The van der Waals surface area contributed by atoms with Crippen molar-refractivity contribution in [3.63, 3.8) is 0 Å². The quantitative estimate of drug-likeness (QED) is 0.675. The molecule has 0 fully saturated rings. The van der Waals surface area contributed by atoms with Gasteiger partial charge in [-0.2, -0.15) is 18.4 Å². The van der Waals surface area contributed by atoms with Crippen LogP contribution in [0.5, 0.6) is 0 Å². The third kappa shape index (κ3) is 3.46. The van der Waals surface area contributed by atoms with Crippen LogP contribution in [0, 0.1) is 11.3 Å². The molecule has 0 amide bonds. The van der Waals surface area contributed by atoms with E-state index in [9.17, 15) is 13.2 Å². The first kappa shape index (κ1) is 16.9. The van der Waals surface area contributed by atoms with Crippen LogP contribution in [0.25, 0.3) is 11.1 Å². The van der Waals surface area contributed by atoms with E-state index in [1.54, 1.807) is 6.07 Å². The van der Waals surface area contributed by atoms with E-state index in [1.165, 1.54) is 18.2 Å². The summed E-state index contributed by atoms with van der Waals surface area (Å²) in [7, 11) is 0. The first-order chi connectivity index (χ1) is 10.2. The van der Waals surface area contributed by atoms with Gasteiger partial charge >= 0.3 is 6.18 Å². The van der Waals surface area contributed by atoms with Crippen LogP contribution in [0.15, 0.2) is 24.3 Å². The van der Waals surface area contributed by atoms with Gasteiger partial charge in [0.25, 0.3) is 0 Å². The van der Waals surface area contributed by atoms with E-state index in [-0.39, 0.29) is 27.7 Å². The molecule has 0 atom stereocenters. The number of benzene rings is 1. The smallest absolute Gasteiger partial charge is 0.247 e. The Morgan fingerprint density at radius 2 is 1.68 bits per heavy atom. The van der Waals surface area contributed by atoms with Crippen molar-refractivity contribution in [2.45, 2.75) is 12.6 Å². The zero-order valence-corrected chi connectivity index (χ0v) is 12.9. The van der Waals surface area contributed by atoms with Gasteiger partial charge in [-0.1, -0.05) is 40.9 Å². The molecule has 22 heavy (non-hydrogen) atoms. The SMILES string of the molecule is N#CCc1nc(C(F)(F)F)ccc1-c1c(Cl)cc(Cl)cc1Cl. The van der Waals surface area contributed by atoms with Crippen LogP contribution in [0.4, 0.5) is 13.2 Å². The largest absolute Gasteiger partial charge is 0.433 e. The Labute approximate surface area is 139 Å². The summed E-state index contributed by atoms with van der Waals surface area (Å²) in [5, 5.41) is 9.43. The molecule has 0 saturated carbocycles. The number of pyridine rings is 1. The summed E-state index contributed by atoms with van der Waals surface area (Å²) in [5.41, 5.74) is -0.577. The molecular weight excluding hydrogens is 360 g/mol. The number of hydrogen-bond acceptors (Lipinski definition) is 2. The van der Waals surface area contributed by atoms with Gasteiger partial charge in [0.15, 0.2) is 0 Å². The van der Waals surface area contributed by atoms with Crippen LogP contribution >= 0.6 is 34.8 Å². The minimum atomic E-state index is -4.60. The Kier molecular flexibility index (Phi) is 4.86. The molecule has 8 heteroatoms. The average molecular weight is 366 g/mol. The molecule has 0 spiro atoms. The van der Waals surface area contributed by atoms with E-state index in [0.717, 1.165) is 6.07 Å². The summed E-state index contributed by atoms with van der Waals surface area (Å²) >= 11 is 17.9. The third-order valence-electron chi connectivity index (χ3n) is 2.79. The topological polar surface area (TPSA) is 36.7 Å². The summed E-state index contributed by atoms with van der Waals surface area (Å²) in [6.07, 6.45) is -4.91. The fourth-order valence-electron chi connectivity index (χ4n) is 1.90. The Morgan fingerprint density at radius 3 is 2.18 bits per heavy atom. The van der Waals surface area contributed by atoms with E-state index in [2.05, 4.69) is 4.98 Å². The van der Waals surface area contributed by atoms with E-state index in [4.69, 9.17) is 40.1 Å². The molecule has 0 aliphatic rings. The van der Waals surface area contributed by atoms with Gasteiger partial charge in [0.2, 0.25) is 0 Å². The highest BCUT2D eigenvalue weighted by atomic mass is 35.5. The van der Waals surface area contributed by atoms with Gasteiger partial charge in [0, 0.05) is 16.1 Å². The van der Waals surface area contributed by atoms with E-state index < -0.39 is 11.9 Å². The first-order valence-electron chi connectivity index (χ1n) is 5.83. The number of rotatable bonds is 2. The maximum Gasteiger partial charge on any atom is 0.433 e. The standard InChI is InChI=1S/C14H6Cl3F3N2/c15-7-5-9(16)13(10(17)6-7)8-1-2-12(14(18,19)20)22-11(8)3-4-21/h1-2,5-6H,3H2. The van der Waals surface area contributed by atoms with Gasteiger partial charge in [-0.25, -0.2) is 4.98 Å². The highest BCUT2D eigenvalue weighted by Crippen LogP contribution is 2.39. The maximum atomic E-state index is 12.7. The number of aromatic nitrogens is 1. The fraction of sp³-hybridized carbons (Fsp3) is 0.143. The maximum absolute atomic E-state index is 12.7. The Bertz CT molecular complexity index is 744. The van der Waals surface area contributed by atoms with E-state index in [1.807, 2.05) is 0 Å². The minimum Gasteiger partial charge on any atom is -0.247 e. The zero-order valence-electron chi connectivity index (χ0n) is 10.7. The van der Waals surface area contributed by atoms with Gasteiger partial charge in [0.1, 0.15) is 5.69 Å². The molecule has 0 aliphatic carbocycles. The van der Waals surface area contributed by atoms with Crippen molar-refractivity contribution in [1.82, 2.24) is 4.98 Å². The van der Waals surface area contributed by atoms with Gasteiger partial charge in [0.05, 0.1) is 28.2 Å². The summed E-state index contributed by atoms with van der Waals surface area (Å²) in [4.78, 5) is 3.52. The third-order valence-corrected chi connectivity index (χ3v) is 3.60. The van der Waals surface area contributed by atoms with E-state index >= 15 is 0 Å². The molecule has 0 radical (unpaired) electrons. The molecule has 0 aliphatic heterocycles. The van der Waals surface area contributed by atoms with Crippen molar-refractivity contribution in [3.05, 3.63) is 50.7 Å². The van der Waals surface area contributed by atoms with Gasteiger partial charge in [-0.3, -0.25) is 0 Å². The number of alkyl halides is 3. The zero-order chi connectivity index (χ0) is 16.5. The molecule has 114 valence electrons. The van der Waals surface area contributed by atoms with Crippen molar-refractivity contribution in [2.24, 2.45) is 0 Å². The lowest BCUT2D eigenvalue weighted by atomic mass is 10.0. The summed E-state index contributed by atoms with van der Waals surface area (Å²) < 4.78 is 38.2. The molecule has 2 nitrogen and oxygen atoms in total. The number of nitrogens with zero attached hydrogens (tertiary/aromatic N) is 2. The van der Waals surface area contributed by atoms with E-state index in [0.29, 0.717) is 10.6 Å². The first-order valence-corrected chi connectivity index (χ1v) is 6.96. The molecule has 0 bridgehead atoms. The Hall–Kier alpha value is -1.48. The minimum absolute atomic E-state index is 0.0524. The van der Waals surface area contributed by atoms with Crippen molar-refractivity contribution >= 4 is 34.8 Å². The van der Waals surface area contributed by atoms with Crippen molar-refractivity contribution in [2.75, 3.05) is 0 Å². The second-order valence-corrected chi connectivity index (χ2v) is 5.52. The van der Waals surface area contributed by atoms with Crippen LogP contribution < -0.4 is 0 Å². The highest BCUT2D eigenvalue weighted by molar-refractivity contribution is 6.41. The number of hydrogen-bond donors (Lipinski definition) is 0. The summed E-state index contributed by atoms with van der Waals surface area (Å²) in [6.45, 7) is 0. The fourth-order valence-corrected chi connectivity index (χ4v) is 2.92. The second kappa shape index (κ2) is 6.33. The predicted octanol–water partition coefficient (Wildman–Crippen LogP) is 5.79. The summed E-state index contributed by atoms with van der Waals surface area (Å²) in [6, 6.07) is 6.63. The lowest BCUT2D eigenvalue weighted by molar-refractivity contribution is -0.141.